The van der Waals surface area contributed by atoms with Crippen LogP contribution in [-0.4, -0.2) is 33.2 Å². The van der Waals surface area contributed by atoms with Crippen molar-refractivity contribution in [1.29, 1.82) is 0 Å². The number of ether oxygens (including phenoxy) is 1. The molecule has 0 aliphatic heterocycles. The summed E-state index contributed by atoms with van der Waals surface area (Å²) in [7, 11) is 1.92. The number of rotatable bonds is 6. The molecule has 1 aliphatic rings. The lowest BCUT2D eigenvalue weighted by Crippen LogP contribution is -2.45. The van der Waals surface area contributed by atoms with Gasteiger partial charge in [0.15, 0.2) is 0 Å². The molecule has 1 aromatic rings. The number of aryl methyl sites for hydroxylation is 2. The molecular weight excluding hydrogens is 252 g/mol. The average Bonchev–Trinajstić information content (AvgIpc) is 2.71. The van der Waals surface area contributed by atoms with Gasteiger partial charge >= 0.3 is 0 Å². The molecule has 1 N–H and O–H groups in total. The highest BCUT2D eigenvalue weighted by Crippen LogP contribution is 2.35. The normalized spacial score (nSPS) is 20.6. The summed E-state index contributed by atoms with van der Waals surface area (Å²) in [5.41, 5.74) is 0.875. The lowest BCUT2D eigenvalue weighted by atomic mass is 9.85. The Hall–Kier alpha value is -0.870. The predicted octanol–water partition coefficient (Wildman–Crippen LogP) is 2.84. The minimum Gasteiger partial charge on any atom is -0.390 e. The number of hydrogen-bond donors (Lipinski definition) is 1. The van der Waals surface area contributed by atoms with Gasteiger partial charge in [0.2, 0.25) is 0 Å². The minimum absolute atomic E-state index is 0.312. The lowest BCUT2D eigenvalue weighted by Gasteiger charge is -2.37. The van der Waals surface area contributed by atoms with Gasteiger partial charge in [-0.3, -0.25) is 4.68 Å². The summed E-state index contributed by atoms with van der Waals surface area (Å²) < 4.78 is 7.85. The van der Waals surface area contributed by atoms with E-state index in [2.05, 4.69) is 5.10 Å². The molecular formula is C16H28N2O2. The summed E-state index contributed by atoms with van der Waals surface area (Å²) in [6.45, 7) is 2.71. The smallest absolute Gasteiger partial charge is 0.0940 e. The van der Waals surface area contributed by atoms with Crippen LogP contribution in [0.4, 0.5) is 0 Å². The van der Waals surface area contributed by atoms with Crippen molar-refractivity contribution >= 4 is 0 Å². The molecule has 1 heterocycles. The zero-order valence-electron chi connectivity index (χ0n) is 12.8. The highest BCUT2D eigenvalue weighted by atomic mass is 16.5. The second kappa shape index (κ2) is 7.23. The van der Waals surface area contributed by atoms with Gasteiger partial charge in [-0.1, -0.05) is 25.7 Å². The topological polar surface area (TPSA) is 47.3 Å². The van der Waals surface area contributed by atoms with Crippen LogP contribution in [0.3, 0.4) is 0 Å². The molecule has 0 aromatic carbocycles. The number of aliphatic hydroxyl groups is 1. The predicted molar refractivity (Wildman–Crippen MR) is 79.6 cm³/mol. The molecule has 1 atom stereocenters. The summed E-state index contributed by atoms with van der Waals surface area (Å²) >= 11 is 0. The Bertz CT molecular complexity index is 395. The first kappa shape index (κ1) is 15.5. The monoisotopic (exact) mass is 280 g/mol. The van der Waals surface area contributed by atoms with Gasteiger partial charge in [-0.05, 0) is 38.2 Å². The van der Waals surface area contributed by atoms with Gasteiger partial charge < -0.3 is 9.84 Å². The third kappa shape index (κ3) is 3.83. The van der Waals surface area contributed by atoms with Gasteiger partial charge in [0.05, 0.1) is 17.9 Å². The van der Waals surface area contributed by atoms with Crippen LogP contribution in [0.5, 0.6) is 0 Å². The largest absolute Gasteiger partial charge is 0.390 e. The lowest BCUT2D eigenvalue weighted by molar-refractivity contribution is -0.131. The standard InChI is InChI=1S/C16H28N2O2/c1-3-20-16(10-6-4-5-7-11-16)15(19)9-8-14-12-17-18(2)13-14/h12-13,15,19H,3-11H2,1-2H3. The summed E-state index contributed by atoms with van der Waals surface area (Å²) in [5.74, 6) is 0. The first-order valence-corrected chi connectivity index (χ1v) is 7.96. The molecule has 2 rings (SSSR count). The van der Waals surface area contributed by atoms with Gasteiger partial charge in [-0.15, -0.1) is 0 Å². The Morgan fingerprint density at radius 1 is 1.35 bits per heavy atom. The molecule has 1 saturated carbocycles. The van der Waals surface area contributed by atoms with Crippen LogP contribution >= 0.6 is 0 Å². The van der Waals surface area contributed by atoms with Crippen LogP contribution < -0.4 is 0 Å². The highest BCUT2D eigenvalue weighted by Gasteiger charge is 2.38. The molecule has 114 valence electrons. The Morgan fingerprint density at radius 2 is 2.05 bits per heavy atom. The second-order valence-corrected chi connectivity index (χ2v) is 5.99. The number of hydrogen-bond acceptors (Lipinski definition) is 3. The van der Waals surface area contributed by atoms with Crippen molar-refractivity contribution in [2.24, 2.45) is 7.05 Å². The molecule has 20 heavy (non-hydrogen) atoms. The minimum atomic E-state index is -0.374. The van der Waals surface area contributed by atoms with Crippen molar-refractivity contribution in [3.05, 3.63) is 18.0 Å². The first-order valence-electron chi connectivity index (χ1n) is 7.96. The number of aliphatic hydroxyl groups excluding tert-OH is 1. The van der Waals surface area contributed by atoms with E-state index in [0.717, 1.165) is 25.7 Å². The van der Waals surface area contributed by atoms with Gasteiger partial charge in [-0.25, -0.2) is 0 Å². The van der Waals surface area contributed by atoms with E-state index in [1.165, 1.54) is 31.2 Å². The molecule has 4 nitrogen and oxygen atoms in total. The highest BCUT2D eigenvalue weighted by molar-refractivity contribution is 5.04. The van der Waals surface area contributed by atoms with Crippen molar-refractivity contribution in [1.82, 2.24) is 9.78 Å². The molecule has 1 unspecified atom stereocenters. The quantitative estimate of drug-likeness (QED) is 0.815. The zero-order chi connectivity index (χ0) is 14.4. The van der Waals surface area contributed by atoms with Crippen LogP contribution in [-0.2, 0) is 18.2 Å². The molecule has 0 radical (unpaired) electrons. The Balaban J connectivity index is 1.96. The zero-order valence-corrected chi connectivity index (χ0v) is 12.8. The van der Waals surface area contributed by atoms with E-state index in [9.17, 15) is 5.11 Å². The summed E-state index contributed by atoms with van der Waals surface area (Å²) in [6, 6.07) is 0. The third-order valence-corrected chi connectivity index (χ3v) is 4.45. The van der Waals surface area contributed by atoms with Gasteiger partial charge in [0.1, 0.15) is 0 Å². The van der Waals surface area contributed by atoms with E-state index >= 15 is 0 Å². The fraction of sp³-hybridized carbons (Fsp3) is 0.812. The Morgan fingerprint density at radius 3 is 2.60 bits per heavy atom. The average molecular weight is 280 g/mol. The van der Waals surface area contributed by atoms with Crippen molar-refractivity contribution in [3.63, 3.8) is 0 Å². The van der Waals surface area contributed by atoms with Crippen LogP contribution in [0, 0.1) is 0 Å². The maximum absolute atomic E-state index is 10.7. The van der Waals surface area contributed by atoms with Crippen molar-refractivity contribution in [2.75, 3.05) is 6.61 Å². The maximum Gasteiger partial charge on any atom is 0.0940 e. The Kier molecular flexibility index (Phi) is 5.61. The Labute approximate surface area is 122 Å². The molecule has 0 bridgehead atoms. The third-order valence-electron chi connectivity index (χ3n) is 4.45. The summed E-state index contributed by atoms with van der Waals surface area (Å²) in [5, 5.41) is 14.9. The van der Waals surface area contributed by atoms with Crippen molar-refractivity contribution in [2.45, 2.75) is 70.0 Å². The molecule has 1 fully saturated rings. The van der Waals surface area contributed by atoms with Crippen molar-refractivity contribution in [3.8, 4) is 0 Å². The number of nitrogens with zero attached hydrogens (tertiary/aromatic N) is 2. The van der Waals surface area contributed by atoms with E-state index in [4.69, 9.17) is 4.74 Å². The van der Waals surface area contributed by atoms with Crippen LogP contribution in [0.1, 0.15) is 57.4 Å². The van der Waals surface area contributed by atoms with Crippen molar-refractivity contribution < 1.29 is 9.84 Å². The molecule has 1 aliphatic carbocycles. The van der Waals surface area contributed by atoms with E-state index < -0.39 is 0 Å². The van der Waals surface area contributed by atoms with E-state index in [-0.39, 0.29) is 11.7 Å². The second-order valence-electron chi connectivity index (χ2n) is 5.99. The number of aromatic nitrogens is 2. The van der Waals surface area contributed by atoms with Gasteiger partial charge in [-0.2, -0.15) is 5.10 Å². The molecule has 0 amide bonds. The van der Waals surface area contributed by atoms with Crippen LogP contribution in [0.25, 0.3) is 0 Å². The van der Waals surface area contributed by atoms with Gasteiger partial charge in [0.25, 0.3) is 0 Å². The van der Waals surface area contributed by atoms with E-state index in [1.54, 1.807) is 0 Å². The summed E-state index contributed by atoms with van der Waals surface area (Å²) in [6.07, 6.45) is 12.0. The molecule has 4 heteroatoms. The molecule has 1 aromatic heterocycles. The first-order chi connectivity index (χ1) is 9.66. The van der Waals surface area contributed by atoms with Crippen LogP contribution in [0.2, 0.25) is 0 Å². The fourth-order valence-corrected chi connectivity index (χ4v) is 3.36. The summed E-state index contributed by atoms with van der Waals surface area (Å²) in [4.78, 5) is 0. The van der Waals surface area contributed by atoms with Gasteiger partial charge in [0, 0.05) is 19.9 Å². The molecule has 0 spiro atoms. The maximum atomic E-state index is 10.7. The SMILES string of the molecule is CCOC1(C(O)CCc2cnn(C)c2)CCCCCC1. The van der Waals surface area contributed by atoms with E-state index in [0.29, 0.717) is 6.61 Å². The fourth-order valence-electron chi connectivity index (χ4n) is 3.36. The molecule has 0 saturated heterocycles. The van der Waals surface area contributed by atoms with E-state index in [1.807, 2.05) is 31.0 Å². The van der Waals surface area contributed by atoms with Crippen LogP contribution in [0.15, 0.2) is 12.4 Å².